The molecule has 182 valence electrons. The maximum absolute atomic E-state index is 11.5. The lowest BCUT2D eigenvalue weighted by Gasteiger charge is -2.24. The fraction of sp³-hybridized carbons (Fsp3) is 0.276. The zero-order valence-corrected chi connectivity index (χ0v) is 19.8. The number of aliphatic carboxylic acids is 1. The summed E-state index contributed by atoms with van der Waals surface area (Å²) in [5.74, 6) is 0.0237. The van der Waals surface area contributed by atoms with E-state index in [1.807, 2.05) is 66.9 Å². The average Bonchev–Trinajstić information content (AvgIpc) is 3.29. The Morgan fingerprint density at radius 3 is 2.43 bits per heavy atom. The van der Waals surface area contributed by atoms with Crippen LogP contribution in [0.15, 0.2) is 85.1 Å². The smallest absolute Gasteiger partial charge is 0.304 e. The minimum absolute atomic E-state index is 0.0264. The highest BCUT2D eigenvalue weighted by atomic mass is 16.5. The fourth-order valence-electron chi connectivity index (χ4n) is 4.40. The van der Waals surface area contributed by atoms with E-state index in [0.29, 0.717) is 19.6 Å². The molecule has 0 spiro atoms. The van der Waals surface area contributed by atoms with Gasteiger partial charge in [0, 0.05) is 35.7 Å². The van der Waals surface area contributed by atoms with E-state index >= 15 is 0 Å². The quantitative estimate of drug-likeness (QED) is 0.227. The van der Waals surface area contributed by atoms with E-state index in [9.17, 15) is 9.90 Å². The van der Waals surface area contributed by atoms with Crippen molar-refractivity contribution < 1.29 is 14.6 Å². The summed E-state index contributed by atoms with van der Waals surface area (Å²) in [5, 5.41) is 14.1. The van der Waals surface area contributed by atoms with Crippen LogP contribution in [0.1, 0.15) is 29.5 Å². The maximum Gasteiger partial charge on any atom is 0.304 e. The lowest BCUT2D eigenvalue weighted by Crippen LogP contribution is -2.45. The first kappa shape index (κ1) is 24.5. The van der Waals surface area contributed by atoms with Crippen molar-refractivity contribution in [3.63, 3.8) is 0 Å². The minimum atomic E-state index is -0.816. The second-order valence-electron chi connectivity index (χ2n) is 8.91. The standard InChI is InChI=1S/C29H33N3O3/c30-18-24(13-10-21-11-14-26(15-12-21)35-20-22-6-2-1-3-7-22)32-25(17-29(33)34)16-23-19-31-28-9-5-4-8-27(23)28/h1-9,11-12,14-15,19,24-25,31-32H,10,13,16-18,20,30H2,(H,33,34)/t24?,25-/m1/s1. The van der Waals surface area contributed by atoms with E-state index in [-0.39, 0.29) is 18.5 Å². The number of hydrogen-bond acceptors (Lipinski definition) is 4. The molecule has 6 heteroatoms. The van der Waals surface area contributed by atoms with Gasteiger partial charge in [-0.15, -0.1) is 0 Å². The number of rotatable bonds is 13. The molecular formula is C29H33N3O3. The Morgan fingerprint density at radius 1 is 0.943 bits per heavy atom. The van der Waals surface area contributed by atoms with Gasteiger partial charge in [0.1, 0.15) is 12.4 Å². The van der Waals surface area contributed by atoms with Crippen LogP contribution in [0.2, 0.25) is 0 Å². The van der Waals surface area contributed by atoms with Crippen LogP contribution in [0.25, 0.3) is 10.9 Å². The molecule has 4 aromatic rings. The number of nitrogens with one attached hydrogen (secondary N) is 2. The fourth-order valence-corrected chi connectivity index (χ4v) is 4.40. The molecule has 1 aromatic heterocycles. The van der Waals surface area contributed by atoms with Gasteiger partial charge in [-0.25, -0.2) is 0 Å². The summed E-state index contributed by atoms with van der Waals surface area (Å²) in [6.07, 6.45) is 4.31. The predicted molar refractivity (Wildman–Crippen MR) is 140 cm³/mol. The van der Waals surface area contributed by atoms with Crippen molar-refractivity contribution in [2.24, 2.45) is 5.73 Å². The van der Waals surface area contributed by atoms with Gasteiger partial charge in [0.15, 0.2) is 0 Å². The molecule has 6 nitrogen and oxygen atoms in total. The van der Waals surface area contributed by atoms with Crippen LogP contribution >= 0.6 is 0 Å². The lowest BCUT2D eigenvalue weighted by molar-refractivity contribution is -0.137. The summed E-state index contributed by atoms with van der Waals surface area (Å²) in [7, 11) is 0. The van der Waals surface area contributed by atoms with Crippen LogP contribution in [0.4, 0.5) is 0 Å². The predicted octanol–water partition coefficient (Wildman–Crippen LogP) is 4.68. The Morgan fingerprint density at radius 2 is 1.69 bits per heavy atom. The van der Waals surface area contributed by atoms with Gasteiger partial charge < -0.3 is 25.9 Å². The Balaban J connectivity index is 1.31. The van der Waals surface area contributed by atoms with Crippen LogP contribution < -0.4 is 15.8 Å². The number of aryl methyl sites for hydroxylation is 1. The normalized spacial score (nSPS) is 12.9. The zero-order valence-electron chi connectivity index (χ0n) is 19.8. The number of aromatic nitrogens is 1. The Bertz CT molecular complexity index is 1200. The molecule has 3 aromatic carbocycles. The Kier molecular flexibility index (Phi) is 8.54. The number of ether oxygens (including phenoxy) is 1. The number of carboxylic acid groups (broad SMARTS) is 1. The molecule has 35 heavy (non-hydrogen) atoms. The van der Waals surface area contributed by atoms with Gasteiger partial charge in [-0.1, -0.05) is 60.7 Å². The van der Waals surface area contributed by atoms with Crippen molar-refractivity contribution in [2.45, 2.75) is 44.4 Å². The third-order valence-electron chi connectivity index (χ3n) is 6.27. The highest BCUT2D eigenvalue weighted by molar-refractivity contribution is 5.83. The number of hydrogen-bond donors (Lipinski definition) is 4. The van der Waals surface area contributed by atoms with Gasteiger partial charge in [-0.05, 0) is 54.2 Å². The van der Waals surface area contributed by atoms with Crippen molar-refractivity contribution >= 4 is 16.9 Å². The number of para-hydroxylation sites is 1. The van der Waals surface area contributed by atoms with E-state index in [4.69, 9.17) is 10.5 Å². The van der Waals surface area contributed by atoms with Crippen molar-refractivity contribution in [3.05, 3.63) is 102 Å². The molecular weight excluding hydrogens is 438 g/mol. The number of H-pyrrole nitrogens is 1. The second-order valence-corrected chi connectivity index (χ2v) is 8.91. The molecule has 0 aliphatic heterocycles. The molecule has 1 unspecified atom stereocenters. The van der Waals surface area contributed by atoms with E-state index in [1.54, 1.807) is 0 Å². The molecule has 0 aliphatic rings. The highest BCUT2D eigenvalue weighted by Gasteiger charge is 2.19. The van der Waals surface area contributed by atoms with Crippen LogP contribution in [0.5, 0.6) is 5.75 Å². The van der Waals surface area contributed by atoms with E-state index in [2.05, 4.69) is 28.5 Å². The third kappa shape index (κ3) is 7.18. The van der Waals surface area contributed by atoms with Crippen molar-refractivity contribution in [3.8, 4) is 5.75 Å². The van der Waals surface area contributed by atoms with Gasteiger partial charge in [0.2, 0.25) is 0 Å². The first-order valence-electron chi connectivity index (χ1n) is 12.1. The first-order chi connectivity index (χ1) is 17.1. The monoisotopic (exact) mass is 471 g/mol. The van der Waals surface area contributed by atoms with Gasteiger partial charge in [-0.3, -0.25) is 4.79 Å². The SMILES string of the molecule is NCC(CCc1ccc(OCc2ccccc2)cc1)N[C@@H](CC(=O)O)Cc1c[nH]c2ccccc12. The molecule has 0 fully saturated rings. The molecule has 4 rings (SSSR count). The minimum Gasteiger partial charge on any atom is -0.489 e. The highest BCUT2D eigenvalue weighted by Crippen LogP contribution is 2.21. The summed E-state index contributed by atoms with van der Waals surface area (Å²) >= 11 is 0. The van der Waals surface area contributed by atoms with Gasteiger partial charge in [0.25, 0.3) is 0 Å². The molecule has 0 radical (unpaired) electrons. The number of fused-ring (bicyclic) bond motifs is 1. The van der Waals surface area contributed by atoms with Crippen molar-refractivity contribution in [2.75, 3.05) is 6.54 Å². The summed E-state index contributed by atoms with van der Waals surface area (Å²) in [4.78, 5) is 14.8. The molecule has 2 atom stereocenters. The summed E-state index contributed by atoms with van der Waals surface area (Å²) in [5.41, 5.74) is 10.6. The number of carboxylic acids is 1. The molecule has 1 heterocycles. The molecule has 0 aliphatic carbocycles. The van der Waals surface area contributed by atoms with Gasteiger partial charge >= 0.3 is 5.97 Å². The number of nitrogens with two attached hydrogens (primary N) is 1. The molecule has 0 bridgehead atoms. The molecule has 0 saturated heterocycles. The summed E-state index contributed by atoms with van der Waals surface area (Å²) in [6, 6.07) is 26.1. The molecule has 0 amide bonds. The average molecular weight is 472 g/mol. The summed E-state index contributed by atoms with van der Waals surface area (Å²) < 4.78 is 5.87. The van der Waals surface area contributed by atoms with Crippen LogP contribution in [0, 0.1) is 0 Å². The van der Waals surface area contributed by atoms with Crippen molar-refractivity contribution in [1.82, 2.24) is 10.3 Å². The van der Waals surface area contributed by atoms with E-state index < -0.39 is 5.97 Å². The number of carbonyl (C=O) groups is 1. The van der Waals surface area contributed by atoms with Crippen molar-refractivity contribution in [1.29, 1.82) is 0 Å². The van der Waals surface area contributed by atoms with Crippen LogP contribution in [-0.4, -0.2) is 34.7 Å². The number of benzene rings is 3. The Labute approximate surface area is 206 Å². The topological polar surface area (TPSA) is 100 Å². The Hall–Kier alpha value is -3.61. The van der Waals surface area contributed by atoms with Gasteiger partial charge in [-0.2, -0.15) is 0 Å². The maximum atomic E-state index is 11.5. The van der Waals surface area contributed by atoms with Crippen LogP contribution in [-0.2, 0) is 24.2 Å². The van der Waals surface area contributed by atoms with E-state index in [1.165, 1.54) is 5.56 Å². The largest absolute Gasteiger partial charge is 0.489 e. The third-order valence-corrected chi connectivity index (χ3v) is 6.27. The van der Waals surface area contributed by atoms with Crippen LogP contribution in [0.3, 0.4) is 0 Å². The second kappa shape index (κ2) is 12.2. The number of aromatic amines is 1. The summed E-state index contributed by atoms with van der Waals surface area (Å²) in [6.45, 7) is 0.989. The molecule has 0 saturated carbocycles. The molecule has 5 N–H and O–H groups in total. The lowest BCUT2D eigenvalue weighted by atomic mass is 9.99. The first-order valence-corrected chi connectivity index (χ1v) is 12.1. The van der Waals surface area contributed by atoms with E-state index in [0.717, 1.165) is 40.6 Å². The van der Waals surface area contributed by atoms with Gasteiger partial charge in [0.05, 0.1) is 6.42 Å². The zero-order chi connectivity index (χ0) is 24.5.